The summed E-state index contributed by atoms with van der Waals surface area (Å²) in [4.78, 5) is 41.3. The van der Waals surface area contributed by atoms with Gasteiger partial charge in [0.2, 0.25) is 5.91 Å². The highest BCUT2D eigenvalue weighted by molar-refractivity contribution is 7.18. The molecule has 1 N–H and O–H groups in total. The van der Waals surface area contributed by atoms with Crippen LogP contribution in [0.4, 0.5) is 16.2 Å². The van der Waals surface area contributed by atoms with Crippen LogP contribution in [-0.4, -0.2) is 69.8 Å². The van der Waals surface area contributed by atoms with Crippen molar-refractivity contribution in [3.63, 3.8) is 0 Å². The predicted octanol–water partition coefficient (Wildman–Crippen LogP) is 3.04. The first kappa shape index (κ1) is 23.9. The van der Waals surface area contributed by atoms with Crippen molar-refractivity contribution < 1.29 is 33.3 Å². The Morgan fingerprint density at radius 2 is 2.03 bits per heavy atom. The molecule has 3 saturated heterocycles. The molecule has 0 radical (unpaired) electrons. The monoisotopic (exact) mass is 521 g/mol. The molecule has 3 fully saturated rings. The van der Waals surface area contributed by atoms with Gasteiger partial charge in [-0.15, -0.1) is 11.3 Å². The standard InChI is InChI=1S/C23H24ClN3O7S/c1-31-17-10-14(26-7-6-23(11-20(26)28)32-8-9-33-23)2-3-16(17)27-13-15(34-22(27)30)12-25-21(29)18-4-5-19(24)35-18/h2-5,10,15H,6-9,11-13H2,1H3,(H,25,29). The topological polar surface area (TPSA) is 107 Å². The molecule has 3 aliphatic heterocycles. The minimum Gasteiger partial charge on any atom is -0.494 e. The Morgan fingerprint density at radius 1 is 1.23 bits per heavy atom. The van der Waals surface area contributed by atoms with E-state index in [2.05, 4.69) is 5.32 Å². The maximum atomic E-state index is 12.8. The van der Waals surface area contributed by atoms with Gasteiger partial charge in [0.05, 0.1) is 54.7 Å². The van der Waals surface area contributed by atoms with Gasteiger partial charge >= 0.3 is 6.09 Å². The first-order chi connectivity index (χ1) is 16.9. The molecule has 186 valence electrons. The molecule has 10 nitrogen and oxygen atoms in total. The summed E-state index contributed by atoms with van der Waals surface area (Å²) in [5, 5.41) is 2.77. The van der Waals surface area contributed by atoms with Gasteiger partial charge < -0.3 is 29.2 Å². The molecule has 1 spiro atoms. The van der Waals surface area contributed by atoms with Gasteiger partial charge in [0.15, 0.2) is 5.79 Å². The zero-order valence-electron chi connectivity index (χ0n) is 19.0. The molecule has 5 rings (SSSR count). The third-order valence-electron chi connectivity index (χ3n) is 6.18. The molecule has 4 heterocycles. The van der Waals surface area contributed by atoms with E-state index in [1.807, 2.05) is 0 Å². The van der Waals surface area contributed by atoms with E-state index in [9.17, 15) is 14.4 Å². The normalized spacial score (nSPS) is 21.5. The van der Waals surface area contributed by atoms with Gasteiger partial charge in [0.25, 0.3) is 5.91 Å². The molecular weight excluding hydrogens is 498 g/mol. The third kappa shape index (κ3) is 4.81. The van der Waals surface area contributed by atoms with Crippen LogP contribution in [0, 0.1) is 0 Å². The van der Waals surface area contributed by atoms with Gasteiger partial charge in [-0.05, 0) is 24.3 Å². The fraction of sp³-hybridized carbons (Fsp3) is 0.435. The average Bonchev–Trinajstić information content (AvgIpc) is 3.58. The second-order valence-corrected chi connectivity index (χ2v) is 10.1. The van der Waals surface area contributed by atoms with Gasteiger partial charge in [-0.2, -0.15) is 0 Å². The molecule has 0 saturated carbocycles. The van der Waals surface area contributed by atoms with Crippen LogP contribution in [0.25, 0.3) is 0 Å². The number of benzene rings is 1. The summed E-state index contributed by atoms with van der Waals surface area (Å²) in [6, 6.07) is 8.52. The van der Waals surface area contributed by atoms with Crippen LogP contribution >= 0.6 is 22.9 Å². The Bertz CT molecular complexity index is 1150. The molecule has 3 amide bonds. The third-order valence-corrected chi connectivity index (χ3v) is 7.41. The molecule has 3 aliphatic rings. The summed E-state index contributed by atoms with van der Waals surface area (Å²) in [7, 11) is 1.50. The highest BCUT2D eigenvalue weighted by atomic mass is 35.5. The highest BCUT2D eigenvalue weighted by Gasteiger charge is 2.44. The zero-order chi connectivity index (χ0) is 24.6. The Morgan fingerprint density at radius 3 is 2.71 bits per heavy atom. The minimum absolute atomic E-state index is 0.101. The summed E-state index contributed by atoms with van der Waals surface area (Å²) in [5.41, 5.74) is 1.18. The number of anilines is 2. The second-order valence-electron chi connectivity index (χ2n) is 8.37. The number of carbonyl (C=O) groups is 3. The fourth-order valence-electron chi connectivity index (χ4n) is 4.45. The van der Waals surface area contributed by atoms with E-state index in [1.165, 1.54) is 23.3 Å². The van der Waals surface area contributed by atoms with E-state index in [4.69, 9.17) is 30.5 Å². The molecule has 2 aromatic rings. The number of thiophene rings is 1. The molecule has 35 heavy (non-hydrogen) atoms. The van der Waals surface area contributed by atoms with Crippen LogP contribution in [0.15, 0.2) is 30.3 Å². The van der Waals surface area contributed by atoms with E-state index in [0.717, 1.165) is 0 Å². The van der Waals surface area contributed by atoms with E-state index in [1.54, 1.807) is 35.2 Å². The van der Waals surface area contributed by atoms with Crippen LogP contribution in [0.1, 0.15) is 22.5 Å². The number of amides is 3. The summed E-state index contributed by atoms with van der Waals surface area (Å²) < 4.78 is 22.8. The molecule has 12 heteroatoms. The number of halogens is 1. The summed E-state index contributed by atoms with van der Waals surface area (Å²) in [6.07, 6.45) is -0.342. The van der Waals surface area contributed by atoms with E-state index < -0.39 is 18.0 Å². The van der Waals surface area contributed by atoms with Gasteiger partial charge in [-0.25, -0.2) is 4.79 Å². The maximum absolute atomic E-state index is 12.8. The van der Waals surface area contributed by atoms with Crippen molar-refractivity contribution >= 4 is 52.2 Å². The van der Waals surface area contributed by atoms with Gasteiger partial charge in [0, 0.05) is 24.7 Å². The average molecular weight is 522 g/mol. The molecular formula is C23H24ClN3O7S. The number of hydrogen-bond acceptors (Lipinski definition) is 8. The number of cyclic esters (lactones) is 1. The van der Waals surface area contributed by atoms with Gasteiger partial charge in [0.1, 0.15) is 11.9 Å². The molecule has 0 aliphatic carbocycles. The summed E-state index contributed by atoms with van der Waals surface area (Å²) in [6.45, 7) is 1.83. The van der Waals surface area contributed by atoms with Crippen molar-refractivity contribution in [1.82, 2.24) is 5.32 Å². The van der Waals surface area contributed by atoms with Crippen LogP contribution in [0.2, 0.25) is 4.34 Å². The Balaban J connectivity index is 1.24. The van der Waals surface area contributed by atoms with Crippen molar-refractivity contribution in [2.45, 2.75) is 24.7 Å². The van der Waals surface area contributed by atoms with Crippen molar-refractivity contribution in [1.29, 1.82) is 0 Å². The molecule has 1 aromatic carbocycles. The van der Waals surface area contributed by atoms with Crippen LogP contribution in [-0.2, 0) is 19.0 Å². The van der Waals surface area contributed by atoms with Gasteiger partial charge in [-0.3, -0.25) is 14.5 Å². The Kier molecular flexibility index (Phi) is 6.58. The lowest BCUT2D eigenvalue weighted by Crippen LogP contribution is -2.48. The highest BCUT2D eigenvalue weighted by Crippen LogP contribution is 2.38. The largest absolute Gasteiger partial charge is 0.494 e. The zero-order valence-corrected chi connectivity index (χ0v) is 20.5. The smallest absolute Gasteiger partial charge is 0.414 e. The van der Waals surface area contributed by atoms with Crippen LogP contribution in [0.3, 0.4) is 0 Å². The Hall–Kier alpha value is -2.86. The number of hydrogen-bond donors (Lipinski definition) is 1. The van der Waals surface area contributed by atoms with Gasteiger partial charge in [-0.1, -0.05) is 11.6 Å². The lowest BCUT2D eigenvalue weighted by atomic mass is 10.0. The van der Waals surface area contributed by atoms with Crippen molar-refractivity contribution in [2.24, 2.45) is 0 Å². The number of rotatable bonds is 6. The number of carbonyl (C=O) groups excluding carboxylic acids is 3. The molecule has 1 aromatic heterocycles. The molecule has 1 unspecified atom stereocenters. The summed E-state index contributed by atoms with van der Waals surface area (Å²) in [5.74, 6) is -0.758. The minimum atomic E-state index is -0.808. The summed E-state index contributed by atoms with van der Waals surface area (Å²) >= 11 is 7.06. The molecule has 1 atom stereocenters. The van der Waals surface area contributed by atoms with Crippen LogP contribution in [0.5, 0.6) is 5.75 Å². The first-order valence-corrected chi connectivity index (χ1v) is 12.3. The van der Waals surface area contributed by atoms with Crippen molar-refractivity contribution in [2.75, 3.05) is 49.8 Å². The van der Waals surface area contributed by atoms with Crippen molar-refractivity contribution in [3.8, 4) is 5.75 Å². The number of ether oxygens (including phenoxy) is 4. The van der Waals surface area contributed by atoms with Crippen LogP contribution < -0.4 is 19.9 Å². The first-order valence-electron chi connectivity index (χ1n) is 11.2. The maximum Gasteiger partial charge on any atom is 0.414 e. The van der Waals surface area contributed by atoms with E-state index in [0.29, 0.717) is 52.5 Å². The van der Waals surface area contributed by atoms with E-state index >= 15 is 0 Å². The quantitative estimate of drug-likeness (QED) is 0.622. The number of piperidine rings is 1. The number of nitrogens with one attached hydrogen (secondary N) is 1. The lowest BCUT2D eigenvalue weighted by molar-refractivity contribution is -0.177. The fourth-order valence-corrected chi connectivity index (χ4v) is 5.41. The lowest BCUT2D eigenvalue weighted by Gasteiger charge is -2.37. The Labute approximate surface area is 210 Å². The SMILES string of the molecule is COc1cc(N2CCC3(CC2=O)OCCO3)ccc1N1CC(CNC(=O)c2ccc(Cl)s2)OC1=O. The molecule has 0 bridgehead atoms. The van der Waals surface area contributed by atoms with Crippen molar-refractivity contribution in [3.05, 3.63) is 39.5 Å². The number of methoxy groups -OCH3 is 1. The second kappa shape index (κ2) is 9.65. The predicted molar refractivity (Wildman–Crippen MR) is 128 cm³/mol. The number of nitrogens with zero attached hydrogens (tertiary/aromatic N) is 2. The van der Waals surface area contributed by atoms with E-state index in [-0.39, 0.29) is 31.3 Å².